The van der Waals surface area contributed by atoms with Crippen molar-refractivity contribution in [1.82, 2.24) is 18.3 Å². The molecule has 2 aliphatic heterocycles. The molecule has 4 N–H and O–H groups in total. The van der Waals surface area contributed by atoms with E-state index in [0.717, 1.165) is 40.5 Å². The zero-order chi connectivity index (χ0) is 37.5. The van der Waals surface area contributed by atoms with E-state index >= 15 is 0 Å². The van der Waals surface area contributed by atoms with Crippen molar-refractivity contribution in [2.75, 3.05) is 36.0 Å². The molecule has 1 amide bonds. The first-order valence-electron chi connectivity index (χ1n) is 17.1. The Morgan fingerprint density at radius 1 is 0.731 bits per heavy atom. The Labute approximate surface area is 299 Å². The molecule has 2 saturated heterocycles. The molecule has 0 bridgehead atoms. The third-order valence-corrected chi connectivity index (χ3v) is 9.62. The second-order valence-corrected chi connectivity index (χ2v) is 13.1. The Morgan fingerprint density at radius 3 is 1.62 bits per heavy atom. The highest BCUT2D eigenvalue weighted by molar-refractivity contribution is 5.77. The number of nitrogens with zero attached hydrogens (tertiary/aromatic N) is 8. The smallest absolute Gasteiger partial charge is 0.332 e. The van der Waals surface area contributed by atoms with Gasteiger partial charge in [-0.15, -0.1) is 0 Å². The fraction of sp³-hybridized carbons (Fsp3) is 0.378. The maximum absolute atomic E-state index is 12.8. The second-order valence-electron chi connectivity index (χ2n) is 13.1. The molecule has 15 heteroatoms. The Hall–Kier alpha value is -6.19. The minimum atomic E-state index is -0.466. The number of carbonyl (C=O) groups excluding carboxylic acids is 1. The van der Waals surface area contributed by atoms with Gasteiger partial charge in [0.15, 0.2) is 0 Å². The van der Waals surface area contributed by atoms with Crippen LogP contribution in [0.2, 0.25) is 0 Å². The molecule has 4 aromatic rings. The lowest BCUT2D eigenvalue weighted by Gasteiger charge is -2.34. The zero-order valence-corrected chi connectivity index (χ0v) is 29.3. The first kappa shape index (κ1) is 37.1. The van der Waals surface area contributed by atoms with Gasteiger partial charge in [0.1, 0.15) is 11.6 Å². The molecule has 4 heterocycles. The third kappa shape index (κ3) is 8.06. The van der Waals surface area contributed by atoms with Crippen LogP contribution < -0.4 is 43.8 Å². The molecular formula is C37H42N10O5. The summed E-state index contributed by atoms with van der Waals surface area (Å²) in [4.78, 5) is 65.4. The number of anilines is 2. The Balaban J connectivity index is 0.000000202. The average molecular weight is 707 g/mol. The van der Waals surface area contributed by atoms with Crippen LogP contribution in [0, 0.1) is 28.6 Å². The summed E-state index contributed by atoms with van der Waals surface area (Å²) >= 11 is 0. The van der Waals surface area contributed by atoms with E-state index in [9.17, 15) is 34.5 Å². The van der Waals surface area contributed by atoms with E-state index in [2.05, 4.69) is 12.1 Å². The van der Waals surface area contributed by atoms with E-state index in [4.69, 9.17) is 11.5 Å². The number of hydrogen-bond acceptors (Lipinski definition) is 10. The summed E-state index contributed by atoms with van der Waals surface area (Å²) in [5.41, 5.74) is 12.3. The van der Waals surface area contributed by atoms with E-state index in [-0.39, 0.29) is 36.5 Å². The third-order valence-electron chi connectivity index (χ3n) is 9.62. The van der Waals surface area contributed by atoms with Gasteiger partial charge in [0.25, 0.3) is 11.1 Å². The number of aromatic nitrogens is 4. The first-order valence-corrected chi connectivity index (χ1v) is 17.1. The van der Waals surface area contributed by atoms with Crippen molar-refractivity contribution in [3.8, 4) is 12.1 Å². The molecule has 2 fully saturated rings. The van der Waals surface area contributed by atoms with E-state index in [1.54, 1.807) is 41.0 Å². The van der Waals surface area contributed by atoms with Gasteiger partial charge in [0.05, 0.1) is 42.3 Å². The number of nitriles is 2. The topological polar surface area (TPSA) is 211 Å². The lowest BCUT2D eigenvalue weighted by atomic mass is 9.97. The monoisotopic (exact) mass is 706 g/mol. The number of piperidine rings is 2. The van der Waals surface area contributed by atoms with Crippen LogP contribution in [-0.2, 0) is 32.0 Å². The highest BCUT2D eigenvalue weighted by Gasteiger charge is 2.27. The number of hydrogen-bond donors (Lipinski definition) is 2. The first-order chi connectivity index (χ1) is 24.9. The highest BCUT2D eigenvalue weighted by atomic mass is 16.2. The summed E-state index contributed by atoms with van der Waals surface area (Å²) in [6, 6.07) is 21.4. The van der Waals surface area contributed by atoms with Gasteiger partial charge < -0.3 is 21.3 Å². The van der Waals surface area contributed by atoms with Crippen LogP contribution in [0.25, 0.3) is 0 Å². The standard InChI is InChI=1S/C19H21N5O3.C18H21N5O2/c1-22-17(25)9-16(23-8-4-7-15(11-23)18(21)26)24(19(22)27)12-14-6-3-2-5-13(14)10-20;1-21-17(24)9-16(22-8-4-7-15(20)12-22)23(18(21)25)11-14-6-3-2-5-13(14)10-19/h2-3,5-6,9,15H,4,7-8,11-12H2,1H3,(H2,21,26);2-3,5-6,9,15H,4,7-8,11-12,20H2,1H3/t2*15-/m11/s1. The van der Waals surface area contributed by atoms with Crippen LogP contribution in [0.4, 0.5) is 11.6 Å². The van der Waals surface area contributed by atoms with Crippen molar-refractivity contribution in [1.29, 1.82) is 10.5 Å². The minimum Gasteiger partial charge on any atom is -0.369 e. The molecule has 15 nitrogen and oxygen atoms in total. The molecular weight excluding hydrogens is 664 g/mol. The fourth-order valence-corrected chi connectivity index (χ4v) is 6.65. The summed E-state index contributed by atoms with van der Waals surface area (Å²) in [5, 5.41) is 18.6. The van der Waals surface area contributed by atoms with E-state index in [0.29, 0.717) is 54.4 Å². The number of rotatable bonds is 7. The lowest BCUT2D eigenvalue weighted by molar-refractivity contribution is -0.122. The van der Waals surface area contributed by atoms with Crippen molar-refractivity contribution in [2.24, 2.45) is 31.5 Å². The number of benzene rings is 2. The van der Waals surface area contributed by atoms with E-state index < -0.39 is 16.9 Å². The van der Waals surface area contributed by atoms with Crippen molar-refractivity contribution in [3.05, 3.63) is 125 Å². The number of nitrogens with two attached hydrogens (primary N) is 2. The van der Waals surface area contributed by atoms with Gasteiger partial charge in [-0.3, -0.25) is 32.7 Å². The molecule has 6 rings (SSSR count). The van der Waals surface area contributed by atoms with Crippen molar-refractivity contribution < 1.29 is 4.79 Å². The van der Waals surface area contributed by atoms with Crippen LogP contribution >= 0.6 is 0 Å². The SMILES string of the molecule is Cn1c(=O)cc(N2CCC[C@@H](C(N)=O)C2)n(Cc2ccccc2C#N)c1=O.Cn1c(=O)cc(N2CCC[C@@H](N)C2)n(Cc2ccccc2C#N)c1=O. The molecule has 0 spiro atoms. The Bertz CT molecular complexity index is 2290. The maximum Gasteiger partial charge on any atom is 0.332 e. The van der Waals surface area contributed by atoms with Gasteiger partial charge in [0.2, 0.25) is 5.91 Å². The summed E-state index contributed by atoms with van der Waals surface area (Å²) in [5.74, 6) is 0.308. The maximum atomic E-state index is 12.8. The van der Waals surface area contributed by atoms with Crippen LogP contribution in [0.15, 0.2) is 79.8 Å². The molecule has 2 aliphatic rings. The predicted molar refractivity (Wildman–Crippen MR) is 196 cm³/mol. The Kier molecular flexibility index (Phi) is 11.6. The summed E-state index contributed by atoms with van der Waals surface area (Å²) in [6.45, 7) is 2.73. The van der Waals surface area contributed by atoms with Crippen LogP contribution in [0.1, 0.15) is 47.9 Å². The van der Waals surface area contributed by atoms with Crippen LogP contribution in [0.5, 0.6) is 0 Å². The molecule has 270 valence electrons. The molecule has 0 unspecified atom stereocenters. The molecule has 2 aromatic heterocycles. The minimum absolute atomic E-state index is 0.0211. The van der Waals surface area contributed by atoms with Crippen molar-refractivity contribution >= 4 is 17.5 Å². The number of amides is 1. The van der Waals surface area contributed by atoms with E-state index in [1.165, 1.54) is 30.8 Å². The predicted octanol–water partition coefficient (Wildman–Crippen LogP) is 0.563. The normalized spacial score (nSPS) is 17.0. The van der Waals surface area contributed by atoms with Crippen LogP contribution in [-0.4, -0.2) is 56.4 Å². The quantitative estimate of drug-likeness (QED) is 0.273. The van der Waals surface area contributed by atoms with E-state index in [1.807, 2.05) is 21.9 Å². The molecule has 2 atom stereocenters. The summed E-state index contributed by atoms with van der Waals surface area (Å²) in [6.07, 6.45) is 3.28. The lowest BCUT2D eigenvalue weighted by Crippen LogP contribution is -2.47. The van der Waals surface area contributed by atoms with Gasteiger partial charge in [-0.1, -0.05) is 36.4 Å². The second kappa shape index (κ2) is 16.2. The van der Waals surface area contributed by atoms with Crippen LogP contribution in [0.3, 0.4) is 0 Å². The summed E-state index contributed by atoms with van der Waals surface area (Å²) < 4.78 is 5.15. The molecule has 0 saturated carbocycles. The van der Waals surface area contributed by atoms with Gasteiger partial charge >= 0.3 is 11.4 Å². The largest absolute Gasteiger partial charge is 0.369 e. The summed E-state index contributed by atoms with van der Waals surface area (Å²) in [7, 11) is 2.88. The number of primary amides is 1. The fourth-order valence-electron chi connectivity index (χ4n) is 6.65. The molecule has 52 heavy (non-hydrogen) atoms. The molecule has 2 aromatic carbocycles. The van der Waals surface area contributed by atoms with Crippen molar-refractivity contribution in [2.45, 2.75) is 44.8 Å². The number of carbonyl (C=O) groups is 1. The highest BCUT2D eigenvalue weighted by Crippen LogP contribution is 2.23. The molecule has 0 radical (unpaired) electrons. The zero-order valence-electron chi connectivity index (χ0n) is 29.3. The Morgan fingerprint density at radius 2 is 1.17 bits per heavy atom. The van der Waals surface area contributed by atoms with Gasteiger partial charge in [-0.25, -0.2) is 9.59 Å². The average Bonchev–Trinajstić information content (AvgIpc) is 3.15. The molecule has 0 aliphatic carbocycles. The van der Waals surface area contributed by atoms with Crippen molar-refractivity contribution in [3.63, 3.8) is 0 Å². The van der Waals surface area contributed by atoms with Gasteiger partial charge in [-0.05, 0) is 48.9 Å². The van der Waals surface area contributed by atoms with Gasteiger partial charge in [0, 0.05) is 58.4 Å². The van der Waals surface area contributed by atoms with Gasteiger partial charge in [-0.2, -0.15) is 10.5 Å².